The van der Waals surface area contributed by atoms with E-state index in [1.807, 2.05) is 0 Å². The molecule has 1 aliphatic rings. The minimum atomic E-state index is -4.98. The number of aromatic nitrogens is 1. The van der Waals surface area contributed by atoms with Crippen LogP contribution in [0.2, 0.25) is 0 Å². The maximum Gasteiger partial charge on any atom is 0.573 e. The molecule has 0 atom stereocenters. The summed E-state index contributed by atoms with van der Waals surface area (Å²) in [4.78, 5) is 31.9. The largest absolute Gasteiger partial charge is 0.573 e. The van der Waals surface area contributed by atoms with Gasteiger partial charge in [-0.2, -0.15) is 0 Å². The molecule has 7 nitrogen and oxygen atoms in total. The summed E-state index contributed by atoms with van der Waals surface area (Å²) in [6.07, 6.45) is -2.06. The number of anilines is 1. The Hall–Kier alpha value is -3.14. The van der Waals surface area contributed by atoms with Crippen LogP contribution >= 0.6 is 0 Å². The number of aliphatic hydroxyl groups excluding tert-OH is 1. The zero-order valence-corrected chi connectivity index (χ0v) is 15.6. The first-order valence-corrected chi connectivity index (χ1v) is 8.60. The fourth-order valence-corrected chi connectivity index (χ4v) is 3.09. The first kappa shape index (κ1) is 20.6. The van der Waals surface area contributed by atoms with Crippen LogP contribution < -0.4 is 9.64 Å². The second-order valence-electron chi connectivity index (χ2n) is 6.89. The molecule has 3 amide bonds. The number of halogens is 3. The third-order valence-corrected chi connectivity index (χ3v) is 4.66. The van der Waals surface area contributed by atoms with Gasteiger partial charge in [-0.3, -0.25) is 9.78 Å². The second kappa shape index (κ2) is 7.36. The Bertz CT molecular complexity index is 946. The predicted molar refractivity (Wildman–Crippen MR) is 95.8 cm³/mol. The molecule has 0 unspecified atom stereocenters. The molecule has 10 heteroatoms. The summed E-state index contributed by atoms with van der Waals surface area (Å²) in [5, 5.41) is 9.47. The van der Waals surface area contributed by atoms with Crippen molar-refractivity contribution in [3.63, 3.8) is 0 Å². The molecule has 1 fully saturated rings. The second-order valence-corrected chi connectivity index (χ2v) is 6.89. The number of imide groups is 1. The number of carbonyl (C=O) groups excluding carboxylic acids is 2. The first-order valence-electron chi connectivity index (χ1n) is 8.60. The average molecular weight is 409 g/mol. The molecule has 0 spiro atoms. The van der Waals surface area contributed by atoms with Gasteiger partial charge in [0.05, 0.1) is 12.3 Å². The summed E-state index contributed by atoms with van der Waals surface area (Å²) < 4.78 is 42.2. The van der Waals surface area contributed by atoms with Gasteiger partial charge < -0.3 is 14.7 Å². The van der Waals surface area contributed by atoms with Gasteiger partial charge in [0, 0.05) is 24.5 Å². The third kappa shape index (κ3) is 3.88. The van der Waals surface area contributed by atoms with Crippen LogP contribution in [-0.2, 0) is 17.9 Å². The van der Waals surface area contributed by atoms with E-state index in [4.69, 9.17) is 0 Å². The Labute approximate surface area is 164 Å². The van der Waals surface area contributed by atoms with Gasteiger partial charge in [0.2, 0.25) is 0 Å². The van der Waals surface area contributed by atoms with Gasteiger partial charge in [0.1, 0.15) is 5.54 Å². The predicted octanol–water partition coefficient (Wildman–Crippen LogP) is 3.22. The molecule has 1 aromatic heterocycles. The van der Waals surface area contributed by atoms with Crippen molar-refractivity contribution in [2.24, 2.45) is 0 Å². The summed E-state index contributed by atoms with van der Waals surface area (Å²) in [6, 6.07) is 5.76. The van der Waals surface area contributed by atoms with E-state index in [-0.39, 0.29) is 18.8 Å². The fourth-order valence-electron chi connectivity index (χ4n) is 3.09. The van der Waals surface area contributed by atoms with Crippen LogP contribution in [0, 0.1) is 0 Å². The maximum atomic E-state index is 13.1. The van der Waals surface area contributed by atoms with Crippen molar-refractivity contribution in [1.29, 1.82) is 0 Å². The number of hydrogen-bond donors (Lipinski definition) is 1. The molecule has 3 rings (SSSR count). The molecule has 1 aromatic carbocycles. The molecule has 0 aliphatic carbocycles. The van der Waals surface area contributed by atoms with Crippen LogP contribution in [0.1, 0.15) is 25.0 Å². The quantitative estimate of drug-likeness (QED) is 0.767. The zero-order valence-electron chi connectivity index (χ0n) is 15.6. The summed E-state index contributed by atoms with van der Waals surface area (Å²) in [5.74, 6) is -1.35. The van der Waals surface area contributed by atoms with E-state index < -0.39 is 29.6 Å². The van der Waals surface area contributed by atoms with Crippen molar-refractivity contribution in [2.75, 3.05) is 4.90 Å². The Morgan fingerprint density at radius 1 is 1.14 bits per heavy atom. The van der Waals surface area contributed by atoms with E-state index in [0.717, 1.165) is 6.07 Å². The van der Waals surface area contributed by atoms with Gasteiger partial charge in [-0.25, -0.2) is 9.69 Å². The molecular formula is C19H18F3N3O4. The number of benzene rings is 1. The van der Waals surface area contributed by atoms with E-state index in [0.29, 0.717) is 16.0 Å². The molecule has 1 N–H and O–H groups in total. The van der Waals surface area contributed by atoms with E-state index in [2.05, 4.69) is 9.72 Å². The molecule has 154 valence electrons. The van der Waals surface area contributed by atoms with Crippen molar-refractivity contribution in [1.82, 2.24) is 9.88 Å². The van der Waals surface area contributed by atoms with E-state index in [9.17, 15) is 27.9 Å². The van der Waals surface area contributed by atoms with Crippen LogP contribution in [0.5, 0.6) is 5.75 Å². The van der Waals surface area contributed by atoms with Crippen molar-refractivity contribution in [3.8, 4) is 5.75 Å². The van der Waals surface area contributed by atoms with Crippen molar-refractivity contribution in [2.45, 2.75) is 38.9 Å². The highest BCUT2D eigenvalue weighted by Crippen LogP contribution is 2.39. The van der Waals surface area contributed by atoms with Gasteiger partial charge in [0.15, 0.2) is 5.75 Å². The number of para-hydroxylation sites is 2. The number of pyridine rings is 1. The Morgan fingerprint density at radius 2 is 1.83 bits per heavy atom. The van der Waals surface area contributed by atoms with Crippen LogP contribution in [-0.4, -0.2) is 38.8 Å². The van der Waals surface area contributed by atoms with Gasteiger partial charge in [-0.15, -0.1) is 13.2 Å². The van der Waals surface area contributed by atoms with Crippen LogP contribution in [0.3, 0.4) is 0 Å². The van der Waals surface area contributed by atoms with Gasteiger partial charge in [0.25, 0.3) is 5.91 Å². The van der Waals surface area contributed by atoms with E-state index in [1.54, 1.807) is 6.07 Å². The lowest BCUT2D eigenvalue weighted by molar-refractivity contribution is -0.274. The normalized spacial score (nSPS) is 16.5. The van der Waals surface area contributed by atoms with Crippen LogP contribution in [0.15, 0.2) is 42.7 Å². The molecule has 2 heterocycles. The average Bonchev–Trinajstić information content (AvgIpc) is 2.81. The third-order valence-electron chi connectivity index (χ3n) is 4.66. The number of amides is 3. The molecule has 0 saturated carbocycles. The Kier molecular flexibility index (Phi) is 5.22. The molecule has 0 bridgehead atoms. The monoisotopic (exact) mass is 409 g/mol. The smallest absolute Gasteiger partial charge is 0.404 e. The summed E-state index contributed by atoms with van der Waals surface area (Å²) in [5.41, 5.74) is -0.591. The highest BCUT2D eigenvalue weighted by atomic mass is 19.4. The van der Waals surface area contributed by atoms with Crippen molar-refractivity contribution in [3.05, 3.63) is 53.9 Å². The topological polar surface area (TPSA) is 83.0 Å². The van der Waals surface area contributed by atoms with Crippen molar-refractivity contribution >= 4 is 17.6 Å². The number of ether oxygens (including phenoxy) is 1. The molecule has 1 aliphatic heterocycles. The van der Waals surface area contributed by atoms with E-state index in [1.165, 1.54) is 49.3 Å². The maximum absolute atomic E-state index is 13.1. The van der Waals surface area contributed by atoms with Crippen LogP contribution in [0.25, 0.3) is 0 Å². The highest BCUT2D eigenvalue weighted by molar-refractivity contribution is 6.23. The van der Waals surface area contributed by atoms with E-state index >= 15 is 0 Å². The molecular weight excluding hydrogens is 391 g/mol. The van der Waals surface area contributed by atoms with Gasteiger partial charge in [-0.05, 0) is 37.6 Å². The number of hydrogen-bond acceptors (Lipinski definition) is 5. The van der Waals surface area contributed by atoms with Crippen molar-refractivity contribution < 1.29 is 32.6 Å². The van der Waals surface area contributed by atoms with Gasteiger partial charge >= 0.3 is 12.4 Å². The highest BCUT2D eigenvalue weighted by Gasteiger charge is 2.52. The molecule has 1 saturated heterocycles. The van der Waals surface area contributed by atoms with Crippen LogP contribution in [0.4, 0.5) is 23.7 Å². The first-order chi connectivity index (χ1) is 13.6. The summed E-state index contributed by atoms with van der Waals surface area (Å²) in [6.45, 7) is 2.65. The standard InChI is InChI=1S/C19H18F3N3O4/c1-18(2)16(27)25(14-5-3-4-6-15(14)29-19(20,21)22)17(28)24(18)10-12-7-8-23-9-13(12)11-26/h3-9,26H,10-11H2,1-2H3. The fraction of sp³-hybridized carbons (Fsp3) is 0.316. The SMILES string of the molecule is CC1(C)C(=O)N(c2ccccc2OC(F)(F)F)C(=O)N1Cc1ccncc1CO. The number of nitrogens with zero attached hydrogens (tertiary/aromatic N) is 3. The lowest BCUT2D eigenvalue weighted by Gasteiger charge is -2.28. The summed E-state index contributed by atoms with van der Waals surface area (Å²) in [7, 11) is 0. The molecule has 2 aromatic rings. The molecule has 29 heavy (non-hydrogen) atoms. The summed E-state index contributed by atoms with van der Waals surface area (Å²) >= 11 is 0. The number of carbonyl (C=O) groups is 2. The zero-order chi connectivity index (χ0) is 21.4. The molecule has 0 radical (unpaired) electrons. The lowest BCUT2D eigenvalue weighted by atomic mass is 10.0. The number of urea groups is 1. The number of alkyl halides is 3. The number of rotatable bonds is 5. The minimum Gasteiger partial charge on any atom is -0.404 e. The lowest BCUT2D eigenvalue weighted by Crippen LogP contribution is -2.43. The Morgan fingerprint density at radius 3 is 2.48 bits per heavy atom. The van der Waals surface area contributed by atoms with Gasteiger partial charge in [-0.1, -0.05) is 12.1 Å². The number of aliphatic hydroxyl groups is 1. The Balaban J connectivity index is 2.00. The minimum absolute atomic E-state index is 0.0330.